The lowest BCUT2D eigenvalue weighted by Crippen LogP contribution is -2.13. The summed E-state index contributed by atoms with van der Waals surface area (Å²) in [4.78, 5) is 16.4. The Morgan fingerprint density at radius 2 is 2.08 bits per heavy atom. The molecule has 5 nitrogen and oxygen atoms in total. The molecule has 0 radical (unpaired) electrons. The lowest BCUT2D eigenvalue weighted by molar-refractivity contribution is -0.116. The van der Waals surface area contributed by atoms with Crippen LogP contribution in [0.4, 0.5) is 5.69 Å². The number of nitrogens with one attached hydrogen (secondary N) is 1. The Bertz CT molecular complexity index is 918. The fourth-order valence-electron chi connectivity index (χ4n) is 2.51. The minimum absolute atomic E-state index is 0.0139. The summed E-state index contributed by atoms with van der Waals surface area (Å²) in [7, 11) is 1.56. The van der Waals surface area contributed by atoms with Gasteiger partial charge in [0, 0.05) is 17.7 Å². The minimum Gasteiger partial charge on any atom is -0.495 e. The second-order valence-electron chi connectivity index (χ2n) is 6.20. The van der Waals surface area contributed by atoms with E-state index in [-0.39, 0.29) is 5.91 Å². The van der Waals surface area contributed by atoms with E-state index in [1.807, 2.05) is 19.9 Å². The summed E-state index contributed by atoms with van der Waals surface area (Å²) in [6.07, 6.45) is 0.479. The molecule has 0 aliphatic heterocycles. The average Bonchev–Trinajstić information content (AvgIpc) is 2.97. The number of hydrogen-bond acceptors (Lipinski definition) is 4. The number of aromatic nitrogens is 1. The van der Waals surface area contributed by atoms with Crippen LogP contribution in [-0.2, 0) is 4.79 Å². The fourth-order valence-corrected chi connectivity index (χ4v) is 2.77. The molecule has 2 aromatic carbocycles. The van der Waals surface area contributed by atoms with Crippen molar-refractivity contribution in [1.82, 2.24) is 4.98 Å². The summed E-state index contributed by atoms with van der Waals surface area (Å²) in [5.74, 6) is 1.35. The van der Waals surface area contributed by atoms with Crippen molar-refractivity contribution in [2.24, 2.45) is 5.92 Å². The highest BCUT2D eigenvalue weighted by Crippen LogP contribution is 2.32. The summed E-state index contributed by atoms with van der Waals surface area (Å²) in [5, 5.41) is 3.37. The van der Waals surface area contributed by atoms with Crippen molar-refractivity contribution in [3.05, 3.63) is 41.4 Å². The molecule has 0 atom stereocenters. The smallest absolute Gasteiger partial charge is 0.227 e. The number of rotatable bonds is 5. The maximum absolute atomic E-state index is 11.9. The Labute approximate surface area is 151 Å². The van der Waals surface area contributed by atoms with E-state index in [0.717, 1.165) is 5.56 Å². The van der Waals surface area contributed by atoms with Crippen molar-refractivity contribution < 1.29 is 13.9 Å². The quantitative estimate of drug-likeness (QED) is 0.685. The second kappa shape index (κ2) is 7.15. The third kappa shape index (κ3) is 3.94. The van der Waals surface area contributed by atoms with Gasteiger partial charge in [-0.1, -0.05) is 25.4 Å². The number of ether oxygens (including phenoxy) is 1. The summed E-state index contributed by atoms with van der Waals surface area (Å²) >= 11 is 6.16. The SMILES string of the molecule is COc1ccc(-c2nc3cc(NC(=O)CC(C)C)ccc3o2)cc1Cl. The lowest BCUT2D eigenvalue weighted by atomic mass is 10.1. The largest absolute Gasteiger partial charge is 0.495 e. The zero-order chi connectivity index (χ0) is 18.0. The van der Waals surface area contributed by atoms with E-state index in [9.17, 15) is 4.79 Å². The highest BCUT2D eigenvalue weighted by molar-refractivity contribution is 6.32. The van der Waals surface area contributed by atoms with E-state index in [0.29, 0.717) is 45.8 Å². The standard InChI is InChI=1S/C19H19ClN2O3/c1-11(2)8-18(23)21-13-5-7-17-15(10-13)22-19(25-17)12-4-6-16(24-3)14(20)9-12/h4-7,9-11H,8H2,1-3H3,(H,21,23). The monoisotopic (exact) mass is 358 g/mol. The van der Waals surface area contributed by atoms with Crippen LogP contribution >= 0.6 is 11.6 Å². The van der Waals surface area contributed by atoms with Crippen molar-refractivity contribution >= 4 is 34.3 Å². The summed E-state index contributed by atoms with van der Waals surface area (Å²) < 4.78 is 10.9. The first kappa shape index (κ1) is 17.3. The lowest BCUT2D eigenvalue weighted by Gasteiger charge is -2.06. The van der Waals surface area contributed by atoms with Crippen LogP contribution in [0.5, 0.6) is 5.75 Å². The van der Waals surface area contributed by atoms with Crippen LogP contribution in [0.15, 0.2) is 40.8 Å². The van der Waals surface area contributed by atoms with Crippen LogP contribution in [0.1, 0.15) is 20.3 Å². The van der Waals surface area contributed by atoms with E-state index >= 15 is 0 Å². The molecule has 1 amide bonds. The minimum atomic E-state index is -0.0139. The second-order valence-corrected chi connectivity index (χ2v) is 6.60. The highest BCUT2D eigenvalue weighted by Gasteiger charge is 2.12. The Morgan fingerprint density at radius 1 is 1.28 bits per heavy atom. The third-order valence-electron chi connectivity index (χ3n) is 3.66. The van der Waals surface area contributed by atoms with E-state index in [1.165, 1.54) is 0 Å². The van der Waals surface area contributed by atoms with Gasteiger partial charge in [-0.05, 0) is 42.3 Å². The molecule has 0 spiro atoms. The van der Waals surface area contributed by atoms with Gasteiger partial charge in [-0.25, -0.2) is 4.98 Å². The number of oxazole rings is 1. The number of hydrogen-bond donors (Lipinski definition) is 1. The molecule has 25 heavy (non-hydrogen) atoms. The Kier molecular flexibility index (Phi) is 4.95. The summed E-state index contributed by atoms with van der Waals surface area (Å²) in [6.45, 7) is 4.01. The van der Waals surface area contributed by atoms with Crippen molar-refractivity contribution in [2.45, 2.75) is 20.3 Å². The summed E-state index contributed by atoms with van der Waals surface area (Å²) in [5.41, 5.74) is 2.77. The number of halogens is 1. The zero-order valence-electron chi connectivity index (χ0n) is 14.3. The molecule has 0 fully saturated rings. The molecule has 3 rings (SSSR count). The van der Waals surface area contributed by atoms with Gasteiger partial charge in [0.2, 0.25) is 11.8 Å². The van der Waals surface area contributed by atoms with Crippen LogP contribution in [0, 0.1) is 5.92 Å². The molecular weight excluding hydrogens is 340 g/mol. The van der Waals surface area contributed by atoms with Crippen molar-refractivity contribution in [3.63, 3.8) is 0 Å². The average molecular weight is 359 g/mol. The number of amides is 1. The predicted octanol–water partition coefficient (Wildman–Crippen LogP) is 5.14. The van der Waals surface area contributed by atoms with Gasteiger partial charge in [0.15, 0.2) is 5.58 Å². The molecule has 0 saturated carbocycles. The molecule has 3 aromatic rings. The first-order chi connectivity index (χ1) is 12.0. The topological polar surface area (TPSA) is 64.4 Å². The van der Waals surface area contributed by atoms with Crippen molar-refractivity contribution in [1.29, 1.82) is 0 Å². The molecular formula is C19H19ClN2O3. The van der Waals surface area contributed by atoms with Gasteiger partial charge in [0.1, 0.15) is 11.3 Å². The maximum Gasteiger partial charge on any atom is 0.227 e. The van der Waals surface area contributed by atoms with Crippen LogP contribution in [-0.4, -0.2) is 18.0 Å². The van der Waals surface area contributed by atoms with Crippen molar-refractivity contribution in [3.8, 4) is 17.2 Å². The summed E-state index contributed by atoms with van der Waals surface area (Å²) in [6, 6.07) is 10.7. The number of methoxy groups -OCH3 is 1. The van der Waals surface area contributed by atoms with Gasteiger partial charge in [0.25, 0.3) is 0 Å². The molecule has 0 unspecified atom stereocenters. The van der Waals surface area contributed by atoms with E-state index in [4.69, 9.17) is 20.8 Å². The molecule has 0 aliphatic carbocycles. The normalized spacial score (nSPS) is 11.1. The van der Waals surface area contributed by atoms with Crippen LogP contribution in [0.2, 0.25) is 5.02 Å². The number of carbonyl (C=O) groups excluding carboxylic acids is 1. The van der Waals surface area contributed by atoms with Gasteiger partial charge < -0.3 is 14.5 Å². The Hall–Kier alpha value is -2.53. The van der Waals surface area contributed by atoms with E-state index < -0.39 is 0 Å². The molecule has 0 saturated heterocycles. The molecule has 0 bridgehead atoms. The number of anilines is 1. The van der Waals surface area contributed by atoms with Gasteiger partial charge in [-0.3, -0.25) is 4.79 Å². The maximum atomic E-state index is 11.9. The molecule has 1 N–H and O–H groups in total. The number of carbonyl (C=O) groups is 1. The molecule has 1 heterocycles. The molecule has 1 aromatic heterocycles. The first-order valence-corrected chi connectivity index (χ1v) is 8.38. The highest BCUT2D eigenvalue weighted by atomic mass is 35.5. The van der Waals surface area contributed by atoms with Crippen LogP contribution in [0.25, 0.3) is 22.6 Å². The molecule has 0 aliphatic rings. The fraction of sp³-hybridized carbons (Fsp3) is 0.263. The molecule has 6 heteroatoms. The predicted molar refractivity (Wildman–Crippen MR) is 99.1 cm³/mol. The van der Waals surface area contributed by atoms with E-state index in [2.05, 4.69) is 10.3 Å². The number of nitrogens with zero attached hydrogens (tertiary/aromatic N) is 1. The first-order valence-electron chi connectivity index (χ1n) is 8.00. The van der Waals surface area contributed by atoms with Gasteiger partial charge in [-0.2, -0.15) is 0 Å². The van der Waals surface area contributed by atoms with Crippen molar-refractivity contribution in [2.75, 3.05) is 12.4 Å². The van der Waals surface area contributed by atoms with Gasteiger partial charge >= 0.3 is 0 Å². The molecule has 130 valence electrons. The van der Waals surface area contributed by atoms with Gasteiger partial charge in [-0.15, -0.1) is 0 Å². The Morgan fingerprint density at radius 3 is 2.76 bits per heavy atom. The third-order valence-corrected chi connectivity index (χ3v) is 3.96. The number of fused-ring (bicyclic) bond motifs is 1. The van der Waals surface area contributed by atoms with Crippen LogP contribution < -0.4 is 10.1 Å². The zero-order valence-corrected chi connectivity index (χ0v) is 15.1. The Balaban J connectivity index is 1.87. The number of benzene rings is 2. The van der Waals surface area contributed by atoms with E-state index in [1.54, 1.807) is 37.4 Å². The van der Waals surface area contributed by atoms with Gasteiger partial charge in [0.05, 0.1) is 12.1 Å². The van der Waals surface area contributed by atoms with Crippen LogP contribution in [0.3, 0.4) is 0 Å².